The van der Waals surface area contributed by atoms with E-state index in [-0.39, 0.29) is 0 Å². The molecule has 0 fully saturated rings. The molecular weight excluding hydrogens is 156 g/mol. The van der Waals surface area contributed by atoms with Gasteiger partial charge in [-0.1, -0.05) is 0 Å². The first-order valence-electron chi connectivity index (χ1n) is 2.01. The molecule has 0 atom stereocenters. The Bertz CT molecular complexity index is 169. The molecule has 0 aromatic rings. The van der Waals surface area contributed by atoms with Gasteiger partial charge < -0.3 is 5.11 Å². The molecule has 10 heavy (non-hydrogen) atoms. The average Bonchev–Trinajstić information content (AvgIpc) is 1.83. The molecule has 0 bridgehead atoms. The van der Waals surface area contributed by atoms with Crippen molar-refractivity contribution in [1.82, 2.24) is 0 Å². The molecule has 6 heteroatoms. The van der Waals surface area contributed by atoms with E-state index in [1.807, 2.05) is 0 Å². The summed E-state index contributed by atoms with van der Waals surface area (Å²) in [6.45, 7) is 0. The molecule has 0 aromatic carbocycles. The summed E-state index contributed by atoms with van der Waals surface area (Å²) in [7, 11) is 0. The van der Waals surface area contributed by atoms with Crippen LogP contribution in [-0.4, -0.2) is 17.1 Å². The van der Waals surface area contributed by atoms with Crippen LogP contribution in [0.5, 0.6) is 0 Å². The number of aliphatic hydroxyl groups is 1. The van der Waals surface area contributed by atoms with Gasteiger partial charge in [0.05, 0.1) is 0 Å². The third-order valence-corrected chi connectivity index (χ3v) is 0.588. The number of rotatable bonds is 1. The predicted molar refractivity (Wildman–Crippen MR) is 22.9 cm³/mol. The fourth-order valence-corrected chi connectivity index (χ4v) is 0.194. The fourth-order valence-electron chi connectivity index (χ4n) is 0.194. The van der Waals surface area contributed by atoms with Crippen LogP contribution in [0, 0.1) is 0 Å². The summed E-state index contributed by atoms with van der Waals surface area (Å²) in [5.41, 5.74) is 0. The highest BCUT2D eigenvalue weighted by Gasteiger charge is 2.41. The van der Waals surface area contributed by atoms with Crippen molar-refractivity contribution in [3.8, 4) is 0 Å². The number of hydrogen-bond donors (Lipinski definition) is 1. The zero-order chi connectivity index (χ0) is 8.36. The lowest BCUT2D eigenvalue weighted by Crippen LogP contribution is -2.22. The topological polar surface area (TPSA) is 37.3 Å². The van der Waals surface area contributed by atoms with Gasteiger partial charge in [-0.3, -0.25) is 4.79 Å². The molecule has 0 unspecified atom stereocenters. The Hall–Kier alpha value is -1.07. The van der Waals surface area contributed by atoms with Crippen LogP contribution in [0.2, 0.25) is 0 Å². The van der Waals surface area contributed by atoms with Crippen LogP contribution in [0.15, 0.2) is 12.1 Å². The standard InChI is InChI=1S/C4H2F4O2/c5-2(1-9)3(10)4(6,7)8/h1,9H/b2-1+. The van der Waals surface area contributed by atoms with Crippen LogP contribution in [0.3, 0.4) is 0 Å². The number of alkyl halides is 3. The highest BCUT2D eigenvalue weighted by molar-refractivity contribution is 5.97. The van der Waals surface area contributed by atoms with E-state index in [4.69, 9.17) is 5.11 Å². The van der Waals surface area contributed by atoms with Gasteiger partial charge in [-0.2, -0.15) is 17.6 Å². The minimum absolute atomic E-state index is 0.532. The van der Waals surface area contributed by atoms with E-state index in [0.717, 1.165) is 0 Å². The molecule has 1 N–H and O–H groups in total. The van der Waals surface area contributed by atoms with Crippen molar-refractivity contribution in [2.75, 3.05) is 0 Å². The summed E-state index contributed by atoms with van der Waals surface area (Å²) >= 11 is 0. The van der Waals surface area contributed by atoms with Crippen molar-refractivity contribution in [1.29, 1.82) is 0 Å². The monoisotopic (exact) mass is 158 g/mol. The van der Waals surface area contributed by atoms with Crippen LogP contribution in [0.1, 0.15) is 0 Å². The van der Waals surface area contributed by atoms with Crippen molar-refractivity contribution < 1.29 is 27.5 Å². The first-order valence-corrected chi connectivity index (χ1v) is 2.01. The Balaban J connectivity index is 4.39. The van der Waals surface area contributed by atoms with E-state index in [9.17, 15) is 22.4 Å². The Morgan fingerprint density at radius 1 is 1.40 bits per heavy atom. The second-order valence-electron chi connectivity index (χ2n) is 1.30. The van der Waals surface area contributed by atoms with Gasteiger partial charge in [0.2, 0.25) is 5.83 Å². The minimum atomic E-state index is -5.26. The highest BCUT2D eigenvalue weighted by atomic mass is 19.4. The first kappa shape index (κ1) is 8.93. The number of carbonyl (C=O) groups is 1. The number of Topliss-reactive ketones (excluding diaryl/α,β-unsaturated/α-hetero) is 1. The molecule has 0 heterocycles. The van der Waals surface area contributed by atoms with E-state index >= 15 is 0 Å². The summed E-state index contributed by atoms with van der Waals surface area (Å²) in [5, 5.41) is 7.61. The molecule has 0 saturated heterocycles. The second-order valence-corrected chi connectivity index (χ2v) is 1.30. The third kappa shape index (κ3) is 2.04. The van der Waals surface area contributed by atoms with Gasteiger partial charge in [0, 0.05) is 0 Å². The minimum Gasteiger partial charge on any atom is -0.512 e. The van der Waals surface area contributed by atoms with Gasteiger partial charge in [0.25, 0.3) is 5.78 Å². The molecule has 0 saturated carbocycles. The summed E-state index contributed by atoms with van der Waals surface area (Å²) in [5.74, 6) is -4.90. The van der Waals surface area contributed by atoms with Crippen LogP contribution >= 0.6 is 0 Å². The number of aliphatic hydroxyl groups excluding tert-OH is 1. The summed E-state index contributed by atoms with van der Waals surface area (Å²) in [4.78, 5) is 9.67. The maximum atomic E-state index is 11.6. The molecule has 0 aliphatic heterocycles. The third-order valence-electron chi connectivity index (χ3n) is 0.588. The fraction of sp³-hybridized carbons (Fsp3) is 0.250. The van der Waals surface area contributed by atoms with E-state index < -0.39 is 24.0 Å². The number of ketones is 1. The van der Waals surface area contributed by atoms with Crippen LogP contribution in [0.25, 0.3) is 0 Å². The van der Waals surface area contributed by atoms with Gasteiger partial charge in [0.15, 0.2) is 0 Å². The molecule has 58 valence electrons. The number of carbonyl (C=O) groups excluding carboxylic acids is 1. The lowest BCUT2D eigenvalue weighted by Gasteiger charge is -1.99. The van der Waals surface area contributed by atoms with Gasteiger partial charge in [0.1, 0.15) is 6.26 Å². The molecule has 0 radical (unpaired) electrons. The zero-order valence-electron chi connectivity index (χ0n) is 4.44. The van der Waals surface area contributed by atoms with E-state index in [2.05, 4.69) is 0 Å². The zero-order valence-corrected chi connectivity index (χ0v) is 4.44. The van der Waals surface area contributed by atoms with Crippen molar-refractivity contribution in [2.24, 2.45) is 0 Å². The van der Waals surface area contributed by atoms with E-state index in [1.54, 1.807) is 0 Å². The second kappa shape index (κ2) is 2.68. The highest BCUT2D eigenvalue weighted by Crippen LogP contribution is 2.20. The Morgan fingerprint density at radius 2 is 1.80 bits per heavy atom. The van der Waals surface area contributed by atoms with Crippen molar-refractivity contribution in [2.45, 2.75) is 6.18 Å². The SMILES string of the molecule is O=C(/C(F)=C\O)C(F)(F)F. The maximum Gasteiger partial charge on any atom is 0.457 e. The Morgan fingerprint density at radius 3 is 1.90 bits per heavy atom. The van der Waals surface area contributed by atoms with E-state index in [0.29, 0.717) is 0 Å². The number of halogens is 4. The lowest BCUT2D eigenvalue weighted by molar-refractivity contribution is -0.168. The predicted octanol–water partition coefficient (Wildman–Crippen LogP) is 1.49. The molecule has 0 amide bonds. The van der Waals surface area contributed by atoms with Crippen LogP contribution in [-0.2, 0) is 4.79 Å². The molecule has 0 spiro atoms. The van der Waals surface area contributed by atoms with Crippen molar-refractivity contribution >= 4 is 5.78 Å². The number of hydrogen-bond acceptors (Lipinski definition) is 2. The van der Waals surface area contributed by atoms with Gasteiger partial charge in [-0.05, 0) is 0 Å². The largest absolute Gasteiger partial charge is 0.512 e. The molecular formula is C4H2F4O2. The molecule has 0 rings (SSSR count). The molecule has 0 aromatic heterocycles. The maximum absolute atomic E-state index is 11.6. The van der Waals surface area contributed by atoms with Crippen molar-refractivity contribution in [3.63, 3.8) is 0 Å². The summed E-state index contributed by atoms with van der Waals surface area (Å²) in [6.07, 6.45) is -5.79. The normalized spacial score (nSPS) is 13.4. The Labute approximate surface area is 52.8 Å². The summed E-state index contributed by atoms with van der Waals surface area (Å²) < 4.78 is 45.0. The smallest absolute Gasteiger partial charge is 0.457 e. The molecule has 0 aliphatic carbocycles. The first-order chi connectivity index (χ1) is 4.39. The molecule has 2 nitrogen and oxygen atoms in total. The number of allylic oxidation sites excluding steroid dienone is 1. The van der Waals surface area contributed by atoms with Crippen molar-refractivity contribution in [3.05, 3.63) is 12.1 Å². The van der Waals surface area contributed by atoms with Gasteiger partial charge in [-0.15, -0.1) is 0 Å². The van der Waals surface area contributed by atoms with Gasteiger partial charge >= 0.3 is 6.18 Å². The quantitative estimate of drug-likeness (QED) is 0.356. The van der Waals surface area contributed by atoms with Crippen LogP contribution in [0.4, 0.5) is 17.6 Å². The van der Waals surface area contributed by atoms with Gasteiger partial charge in [-0.25, -0.2) is 0 Å². The lowest BCUT2D eigenvalue weighted by atomic mass is 10.3. The van der Waals surface area contributed by atoms with E-state index in [1.165, 1.54) is 0 Å². The van der Waals surface area contributed by atoms with Crippen LogP contribution < -0.4 is 0 Å². The average molecular weight is 158 g/mol. The molecule has 0 aliphatic rings. The summed E-state index contributed by atoms with van der Waals surface area (Å²) in [6, 6.07) is 0. The Kier molecular flexibility index (Phi) is 2.39.